The number of ether oxygens (including phenoxy) is 3. The van der Waals surface area contributed by atoms with Gasteiger partial charge in [0.15, 0.2) is 11.5 Å². The smallest absolute Gasteiger partial charge is 0.387 e. The first-order valence-corrected chi connectivity index (χ1v) is 9.24. The molecule has 0 aliphatic carbocycles. The molecule has 8 heteroatoms. The van der Waals surface area contributed by atoms with Crippen molar-refractivity contribution in [3.05, 3.63) is 59.7 Å². The topological polar surface area (TPSA) is 60.0 Å². The number of amides is 1. The van der Waals surface area contributed by atoms with E-state index in [2.05, 4.69) is 10.1 Å². The van der Waals surface area contributed by atoms with Gasteiger partial charge in [-0.25, -0.2) is 0 Å². The van der Waals surface area contributed by atoms with Crippen molar-refractivity contribution >= 4 is 12.0 Å². The van der Waals surface area contributed by atoms with Crippen LogP contribution in [0.3, 0.4) is 0 Å². The van der Waals surface area contributed by atoms with E-state index in [1.807, 2.05) is 43.3 Å². The number of benzene rings is 2. The summed E-state index contributed by atoms with van der Waals surface area (Å²) >= 11 is 0. The fourth-order valence-corrected chi connectivity index (χ4v) is 2.97. The number of hydrogen-bond donors (Lipinski definition) is 1. The molecule has 2 aromatic carbocycles. The van der Waals surface area contributed by atoms with Gasteiger partial charge in [-0.3, -0.25) is 4.79 Å². The fourth-order valence-electron chi connectivity index (χ4n) is 2.97. The van der Waals surface area contributed by atoms with Crippen LogP contribution in [0.5, 0.6) is 17.2 Å². The number of para-hydroxylation sites is 2. The Hall–Kier alpha value is -3.13. The summed E-state index contributed by atoms with van der Waals surface area (Å²) in [5, 5.41) is 2.83. The Labute approximate surface area is 175 Å². The highest BCUT2D eigenvalue weighted by atomic mass is 19.3. The lowest BCUT2D eigenvalue weighted by Gasteiger charge is -2.26. The van der Waals surface area contributed by atoms with E-state index >= 15 is 0 Å². The number of carbonyl (C=O) groups excluding carboxylic acids is 1. The lowest BCUT2D eigenvalue weighted by Crippen LogP contribution is -2.33. The summed E-state index contributed by atoms with van der Waals surface area (Å²) in [5.74, 6) is 0.384. The Bertz CT molecular complexity index is 872. The lowest BCUT2D eigenvalue weighted by atomic mass is 10.0. The Morgan fingerprint density at radius 1 is 1.07 bits per heavy atom. The van der Waals surface area contributed by atoms with E-state index in [1.165, 1.54) is 25.3 Å². The molecule has 1 atom stereocenters. The van der Waals surface area contributed by atoms with Gasteiger partial charge >= 0.3 is 6.61 Å². The van der Waals surface area contributed by atoms with Crippen molar-refractivity contribution < 1.29 is 27.8 Å². The molecule has 6 nitrogen and oxygen atoms in total. The van der Waals surface area contributed by atoms with Crippen LogP contribution in [0.2, 0.25) is 0 Å². The Balaban J connectivity index is 2.12. The molecule has 2 aromatic rings. The quantitative estimate of drug-likeness (QED) is 0.594. The van der Waals surface area contributed by atoms with Crippen molar-refractivity contribution in [1.82, 2.24) is 10.2 Å². The van der Waals surface area contributed by atoms with Crippen LogP contribution in [0, 0.1) is 0 Å². The van der Waals surface area contributed by atoms with Gasteiger partial charge in [0, 0.05) is 23.7 Å². The molecule has 0 heterocycles. The normalized spacial score (nSPS) is 12.3. The summed E-state index contributed by atoms with van der Waals surface area (Å²) in [6, 6.07) is 12.2. The summed E-state index contributed by atoms with van der Waals surface area (Å²) in [4.78, 5) is 14.3. The van der Waals surface area contributed by atoms with Crippen LogP contribution in [0.1, 0.15) is 17.2 Å². The summed E-state index contributed by atoms with van der Waals surface area (Å²) in [5.41, 5.74) is 1.24. The number of nitrogens with zero attached hydrogens (tertiary/aromatic N) is 1. The third-order valence-electron chi connectivity index (χ3n) is 4.44. The molecular weight excluding hydrogens is 394 g/mol. The monoisotopic (exact) mass is 420 g/mol. The SMILES string of the molecule is COc1ccccc1C(CNC(=O)/C=C/c1cccc(OC)c1OC(F)F)N(C)C. The first-order valence-electron chi connectivity index (χ1n) is 9.24. The van der Waals surface area contributed by atoms with Gasteiger partial charge in [-0.1, -0.05) is 30.3 Å². The molecule has 0 aromatic heterocycles. The minimum atomic E-state index is -3.01. The third-order valence-corrected chi connectivity index (χ3v) is 4.44. The number of hydrogen-bond acceptors (Lipinski definition) is 5. The molecule has 0 fully saturated rings. The number of rotatable bonds is 10. The zero-order valence-electron chi connectivity index (χ0n) is 17.4. The molecule has 162 valence electrons. The minimum absolute atomic E-state index is 0.118. The molecule has 0 radical (unpaired) electrons. The molecule has 0 aliphatic heterocycles. The van der Waals surface area contributed by atoms with Gasteiger partial charge < -0.3 is 24.4 Å². The van der Waals surface area contributed by atoms with Gasteiger partial charge in [0.25, 0.3) is 0 Å². The largest absolute Gasteiger partial charge is 0.496 e. The van der Waals surface area contributed by atoms with E-state index in [4.69, 9.17) is 9.47 Å². The molecular formula is C22H26F2N2O4. The second kappa shape index (κ2) is 11.2. The second-order valence-electron chi connectivity index (χ2n) is 6.56. The molecule has 2 rings (SSSR count). The van der Waals surface area contributed by atoms with Gasteiger partial charge in [-0.2, -0.15) is 8.78 Å². The van der Waals surface area contributed by atoms with E-state index < -0.39 is 6.61 Å². The van der Waals surface area contributed by atoms with Gasteiger partial charge in [0.2, 0.25) is 5.91 Å². The average molecular weight is 420 g/mol. The molecule has 0 saturated heterocycles. The highest BCUT2D eigenvalue weighted by Gasteiger charge is 2.19. The number of carbonyl (C=O) groups is 1. The first kappa shape index (κ1) is 23.2. The number of alkyl halides is 2. The van der Waals surface area contributed by atoms with Crippen molar-refractivity contribution in [3.63, 3.8) is 0 Å². The van der Waals surface area contributed by atoms with E-state index in [-0.39, 0.29) is 23.4 Å². The molecule has 1 amide bonds. The zero-order chi connectivity index (χ0) is 22.1. The standard InChI is InChI=1S/C22H26F2N2O4/c1-26(2)17(16-9-5-6-10-18(16)28-3)14-25-20(27)13-12-15-8-7-11-19(29-4)21(15)30-22(23)24/h5-13,17,22H,14H2,1-4H3,(H,25,27)/b13-12+. The van der Waals surface area contributed by atoms with Crippen LogP contribution < -0.4 is 19.5 Å². The van der Waals surface area contributed by atoms with Gasteiger partial charge in [-0.15, -0.1) is 0 Å². The highest BCUT2D eigenvalue weighted by Crippen LogP contribution is 2.33. The van der Waals surface area contributed by atoms with Crippen molar-refractivity contribution in [2.45, 2.75) is 12.7 Å². The first-order chi connectivity index (χ1) is 14.4. The van der Waals surface area contributed by atoms with Crippen molar-refractivity contribution in [3.8, 4) is 17.2 Å². The Morgan fingerprint density at radius 2 is 1.73 bits per heavy atom. The Kier molecular flexibility index (Phi) is 8.61. The van der Waals surface area contributed by atoms with Crippen LogP contribution in [0.15, 0.2) is 48.5 Å². The van der Waals surface area contributed by atoms with Crippen LogP contribution in [0.25, 0.3) is 6.08 Å². The molecule has 0 aliphatic rings. The van der Waals surface area contributed by atoms with Gasteiger partial charge in [-0.05, 0) is 32.3 Å². The summed E-state index contributed by atoms with van der Waals surface area (Å²) in [6.45, 7) is -2.68. The van der Waals surface area contributed by atoms with Crippen LogP contribution >= 0.6 is 0 Å². The second-order valence-corrected chi connectivity index (χ2v) is 6.56. The summed E-state index contributed by atoms with van der Waals surface area (Å²) < 4.78 is 40.5. The summed E-state index contributed by atoms with van der Waals surface area (Å²) in [6.07, 6.45) is 2.67. The summed E-state index contributed by atoms with van der Waals surface area (Å²) in [7, 11) is 6.76. The average Bonchev–Trinajstić information content (AvgIpc) is 2.72. The van der Waals surface area contributed by atoms with E-state index in [0.29, 0.717) is 12.1 Å². The van der Waals surface area contributed by atoms with E-state index in [1.54, 1.807) is 19.2 Å². The zero-order valence-corrected chi connectivity index (χ0v) is 17.4. The van der Waals surface area contributed by atoms with Crippen molar-refractivity contribution in [1.29, 1.82) is 0 Å². The number of nitrogens with one attached hydrogen (secondary N) is 1. The maximum Gasteiger partial charge on any atom is 0.387 e. The molecule has 0 saturated carbocycles. The van der Waals surface area contributed by atoms with Crippen molar-refractivity contribution in [2.75, 3.05) is 34.9 Å². The number of methoxy groups -OCH3 is 2. The predicted molar refractivity (Wildman–Crippen MR) is 111 cm³/mol. The molecule has 30 heavy (non-hydrogen) atoms. The fraction of sp³-hybridized carbons (Fsp3) is 0.318. The van der Waals surface area contributed by atoms with Gasteiger partial charge in [0.05, 0.1) is 20.3 Å². The van der Waals surface area contributed by atoms with Crippen LogP contribution in [-0.4, -0.2) is 52.3 Å². The molecule has 0 spiro atoms. The molecule has 0 bridgehead atoms. The molecule has 1 N–H and O–H groups in total. The maximum atomic E-state index is 12.7. The molecule has 1 unspecified atom stereocenters. The Morgan fingerprint density at radius 3 is 2.37 bits per heavy atom. The highest BCUT2D eigenvalue weighted by molar-refractivity contribution is 5.92. The van der Waals surface area contributed by atoms with Crippen LogP contribution in [0.4, 0.5) is 8.78 Å². The van der Waals surface area contributed by atoms with Gasteiger partial charge in [0.1, 0.15) is 5.75 Å². The maximum absolute atomic E-state index is 12.7. The van der Waals surface area contributed by atoms with Crippen molar-refractivity contribution in [2.24, 2.45) is 0 Å². The lowest BCUT2D eigenvalue weighted by molar-refractivity contribution is -0.116. The van der Waals surface area contributed by atoms with E-state index in [9.17, 15) is 13.6 Å². The number of halogens is 2. The minimum Gasteiger partial charge on any atom is -0.496 e. The van der Waals surface area contributed by atoms with Crippen LogP contribution in [-0.2, 0) is 4.79 Å². The van der Waals surface area contributed by atoms with E-state index in [0.717, 1.165) is 11.3 Å². The number of likely N-dealkylation sites (N-methyl/N-ethyl adjacent to an activating group) is 1. The third kappa shape index (κ3) is 6.18. The predicted octanol–water partition coefficient (Wildman–Crippen LogP) is 3.74.